The molecule has 3 atom stereocenters. The number of benzene rings is 1. The van der Waals surface area contributed by atoms with E-state index in [-0.39, 0.29) is 23.8 Å². The predicted molar refractivity (Wildman–Crippen MR) is 122 cm³/mol. The van der Waals surface area contributed by atoms with Crippen molar-refractivity contribution >= 4 is 11.9 Å². The van der Waals surface area contributed by atoms with E-state index in [1.54, 1.807) is 6.07 Å². The van der Waals surface area contributed by atoms with Gasteiger partial charge in [0.25, 0.3) is 0 Å². The maximum absolute atomic E-state index is 12.3. The van der Waals surface area contributed by atoms with Crippen LogP contribution in [0.1, 0.15) is 68.3 Å². The number of aryl methyl sites for hydroxylation is 1. The van der Waals surface area contributed by atoms with Gasteiger partial charge in [-0.1, -0.05) is 38.1 Å². The highest BCUT2D eigenvalue weighted by molar-refractivity contribution is 5.89. The van der Waals surface area contributed by atoms with Crippen LogP contribution in [0.15, 0.2) is 36.4 Å². The second-order valence-electron chi connectivity index (χ2n) is 8.15. The van der Waals surface area contributed by atoms with Crippen molar-refractivity contribution in [2.45, 2.75) is 70.9 Å². The largest absolute Gasteiger partial charge is 0.465 e. The Morgan fingerprint density at radius 2 is 2.19 bits per heavy atom. The van der Waals surface area contributed by atoms with Gasteiger partial charge >= 0.3 is 5.97 Å². The first-order valence-electron chi connectivity index (χ1n) is 11.2. The lowest BCUT2D eigenvalue weighted by Crippen LogP contribution is -2.33. The Morgan fingerprint density at radius 1 is 1.39 bits per heavy atom. The molecule has 0 saturated carbocycles. The molecule has 0 aliphatic carbocycles. The summed E-state index contributed by atoms with van der Waals surface area (Å²) in [5.74, 6) is 6.13. The summed E-state index contributed by atoms with van der Waals surface area (Å²) in [7, 11) is 1.37. The van der Waals surface area contributed by atoms with E-state index in [0.29, 0.717) is 24.9 Å². The lowest BCUT2D eigenvalue weighted by Gasteiger charge is -2.23. The van der Waals surface area contributed by atoms with Gasteiger partial charge in [-0.25, -0.2) is 4.79 Å². The first kappa shape index (κ1) is 24.7. The highest BCUT2D eigenvalue weighted by Crippen LogP contribution is 2.22. The number of unbranched alkanes of at least 4 members (excludes halogenated alkanes) is 1. The van der Waals surface area contributed by atoms with Crippen molar-refractivity contribution in [3.05, 3.63) is 47.5 Å². The number of amides is 1. The average Bonchev–Trinajstić information content (AvgIpc) is 3.13. The molecule has 1 amide bonds. The summed E-state index contributed by atoms with van der Waals surface area (Å²) in [5, 5.41) is 10.4. The summed E-state index contributed by atoms with van der Waals surface area (Å²) < 4.78 is 4.77. The smallest absolute Gasteiger partial charge is 0.337 e. The molecule has 1 saturated heterocycles. The Hall–Kier alpha value is -2.58. The minimum atomic E-state index is -0.561. The molecule has 1 fully saturated rings. The van der Waals surface area contributed by atoms with Gasteiger partial charge < -0.3 is 14.7 Å². The van der Waals surface area contributed by atoms with E-state index in [1.165, 1.54) is 7.11 Å². The number of rotatable bonds is 10. The number of nitrogens with zero attached hydrogens (tertiary/aromatic N) is 1. The molecule has 0 bridgehead atoms. The lowest BCUT2D eigenvalue weighted by atomic mass is 9.99. The Balaban J connectivity index is 1.87. The van der Waals surface area contributed by atoms with Crippen molar-refractivity contribution in [3.63, 3.8) is 0 Å². The molecule has 5 heteroatoms. The van der Waals surface area contributed by atoms with Crippen molar-refractivity contribution < 1.29 is 19.4 Å². The van der Waals surface area contributed by atoms with Gasteiger partial charge in [0, 0.05) is 25.8 Å². The Morgan fingerprint density at radius 3 is 2.94 bits per heavy atom. The van der Waals surface area contributed by atoms with Gasteiger partial charge in [-0.3, -0.25) is 4.79 Å². The third-order valence-corrected chi connectivity index (χ3v) is 5.62. The summed E-state index contributed by atoms with van der Waals surface area (Å²) in [6, 6.07) is 7.44. The van der Waals surface area contributed by atoms with Crippen molar-refractivity contribution in [1.82, 2.24) is 4.90 Å². The fourth-order valence-corrected chi connectivity index (χ4v) is 3.67. The third-order valence-electron chi connectivity index (χ3n) is 5.62. The number of hydrogen-bond acceptors (Lipinski definition) is 4. The monoisotopic (exact) mass is 425 g/mol. The quantitative estimate of drug-likeness (QED) is 0.348. The third kappa shape index (κ3) is 7.88. The summed E-state index contributed by atoms with van der Waals surface area (Å²) in [5.41, 5.74) is 1.59. The molecule has 1 aromatic rings. The van der Waals surface area contributed by atoms with Crippen LogP contribution < -0.4 is 0 Å². The molecule has 0 spiro atoms. The number of esters is 1. The maximum Gasteiger partial charge on any atom is 0.337 e. The van der Waals surface area contributed by atoms with Crippen LogP contribution in [-0.2, 0) is 16.0 Å². The minimum absolute atomic E-state index is 0.0296. The van der Waals surface area contributed by atoms with Gasteiger partial charge in [0.05, 0.1) is 24.8 Å². The standard InChI is InChI=1S/C26H35NO4/c1-4-5-6-7-10-20(2)24(28)16-14-23-15-17-25(29)27(23)18-9-12-21-11-8-13-22(19-21)26(30)31-3/h8,11,13-14,16,19-20,23-24,28H,4-5,9-10,12,15,17-18H2,1-3H3/b16-14+/t20-,23-,24+/m0/s1. The summed E-state index contributed by atoms with van der Waals surface area (Å²) >= 11 is 0. The molecule has 0 aromatic heterocycles. The summed E-state index contributed by atoms with van der Waals surface area (Å²) in [4.78, 5) is 25.9. The first-order chi connectivity index (χ1) is 15.0. The van der Waals surface area contributed by atoms with Crippen LogP contribution in [0.4, 0.5) is 0 Å². The highest BCUT2D eigenvalue weighted by Gasteiger charge is 2.28. The van der Waals surface area contributed by atoms with E-state index < -0.39 is 6.10 Å². The van der Waals surface area contributed by atoms with Crippen molar-refractivity contribution in [3.8, 4) is 11.8 Å². The minimum Gasteiger partial charge on any atom is -0.465 e. The molecule has 5 nitrogen and oxygen atoms in total. The fraction of sp³-hybridized carbons (Fsp3) is 0.538. The lowest BCUT2D eigenvalue weighted by molar-refractivity contribution is -0.128. The zero-order valence-corrected chi connectivity index (χ0v) is 19.0. The number of aliphatic hydroxyl groups excluding tert-OH is 1. The van der Waals surface area contributed by atoms with E-state index in [0.717, 1.165) is 37.7 Å². The van der Waals surface area contributed by atoms with Crippen LogP contribution in [-0.4, -0.2) is 47.7 Å². The van der Waals surface area contributed by atoms with Gasteiger partial charge in [-0.2, -0.15) is 0 Å². The van der Waals surface area contributed by atoms with Crippen molar-refractivity contribution in [2.75, 3.05) is 13.7 Å². The van der Waals surface area contributed by atoms with E-state index in [4.69, 9.17) is 4.74 Å². The van der Waals surface area contributed by atoms with Crippen LogP contribution in [0.25, 0.3) is 0 Å². The molecule has 1 aliphatic rings. The van der Waals surface area contributed by atoms with E-state index >= 15 is 0 Å². The number of hydrogen-bond donors (Lipinski definition) is 1. The fourth-order valence-electron chi connectivity index (χ4n) is 3.67. The maximum atomic E-state index is 12.3. The molecular formula is C26H35NO4. The second-order valence-corrected chi connectivity index (χ2v) is 8.15. The van der Waals surface area contributed by atoms with Crippen LogP contribution in [0.2, 0.25) is 0 Å². The van der Waals surface area contributed by atoms with Crippen molar-refractivity contribution in [1.29, 1.82) is 0 Å². The van der Waals surface area contributed by atoms with E-state index in [9.17, 15) is 14.7 Å². The van der Waals surface area contributed by atoms with Gasteiger partial charge in [0.1, 0.15) is 0 Å². The zero-order chi connectivity index (χ0) is 22.6. The number of ether oxygens (including phenoxy) is 1. The Kier molecular flexibility index (Phi) is 10.3. The molecule has 1 N–H and O–H groups in total. The second kappa shape index (κ2) is 13.0. The Labute approximate surface area is 186 Å². The average molecular weight is 426 g/mol. The van der Waals surface area contributed by atoms with Crippen LogP contribution >= 0.6 is 0 Å². The first-order valence-corrected chi connectivity index (χ1v) is 11.2. The zero-order valence-electron chi connectivity index (χ0n) is 19.0. The molecule has 0 unspecified atom stereocenters. The number of aliphatic hydroxyl groups is 1. The molecular weight excluding hydrogens is 390 g/mol. The van der Waals surface area contributed by atoms with Gasteiger partial charge in [-0.15, -0.1) is 11.8 Å². The molecule has 0 radical (unpaired) electrons. The van der Waals surface area contributed by atoms with Crippen molar-refractivity contribution in [2.24, 2.45) is 5.92 Å². The van der Waals surface area contributed by atoms with E-state index in [2.05, 4.69) is 18.8 Å². The number of carbonyl (C=O) groups excluding carboxylic acids is 2. The van der Waals surface area contributed by atoms with Gasteiger partial charge in [0.15, 0.2) is 0 Å². The van der Waals surface area contributed by atoms with Gasteiger partial charge in [-0.05, 0) is 49.3 Å². The number of likely N-dealkylation sites (tertiary alicyclic amines) is 1. The molecule has 168 valence electrons. The summed E-state index contributed by atoms with van der Waals surface area (Å²) in [6.07, 6.45) is 8.76. The van der Waals surface area contributed by atoms with E-state index in [1.807, 2.05) is 42.2 Å². The molecule has 1 heterocycles. The normalized spacial score (nSPS) is 18.0. The Bertz CT molecular complexity index is 820. The molecule has 2 rings (SSSR count). The predicted octanol–water partition coefficient (Wildman–Crippen LogP) is 4.14. The summed E-state index contributed by atoms with van der Waals surface area (Å²) in [6.45, 7) is 4.75. The van der Waals surface area contributed by atoms with Crippen LogP contribution in [0.3, 0.4) is 0 Å². The highest BCUT2D eigenvalue weighted by atomic mass is 16.5. The molecule has 1 aromatic carbocycles. The topological polar surface area (TPSA) is 66.8 Å². The molecule has 1 aliphatic heterocycles. The van der Waals surface area contributed by atoms with Crippen LogP contribution in [0.5, 0.6) is 0 Å². The number of carbonyl (C=O) groups is 2. The van der Waals surface area contributed by atoms with Crippen LogP contribution in [0, 0.1) is 17.8 Å². The number of methoxy groups -OCH3 is 1. The van der Waals surface area contributed by atoms with Gasteiger partial charge in [0.2, 0.25) is 5.91 Å². The molecule has 31 heavy (non-hydrogen) atoms. The SMILES string of the molecule is CCCC#CC[C@H](C)[C@H](O)/C=C/[C@H]1CCC(=O)N1CCCc1cccc(C(=O)OC)c1.